The van der Waals surface area contributed by atoms with Gasteiger partial charge in [0.2, 0.25) is 0 Å². The maximum atomic E-state index is 12.5. The molecule has 1 atom stereocenters. The van der Waals surface area contributed by atoms with Gasteiger partial charge < -0.3 is 0 Å². The highest BCUT2D eigenvalue weighted by Gasteiger charge is 2.39. The summed E-state index contributed by atoms with van der Waals surface area (Å²) in [5, 5.41) is 3.44. The zero-order chi connectivity index (χ0) is 14.1. The van der Waals surface area contributed by atoms with Crippen molar-refractivity contribution in [2.45, 2.75) is 64.0 Å². The summed E-state index contributed by atoms with van der Waals surface area (Å²) in [4.78, 5) is 27.2. The molecule has 0 N–H and O–H groups in total. The molecule has 0 bridgehead atoms. The van der Waals surface area contributed by atoms with Gasteiger partial charge in [0.15, 0.2) is 0 Å². The first-order valence-corrected chi connectivity index (χ1v) is 8.03. The summed E-state index contributed by atoms with van der Waals surface area (Å²) in [7, 11) is 0. The highest BCUT2D eigenvalue weighted by molar-refractivity contribution is 5.87. The van der Waals surface area contributed by atoms with E-state index in [0.717, 1.165) is 25.7 Å². The van der Waals surface area contributed by atoms with Crippen LogP contribution in [0.3, 0.4) is 0 Å². The summed E-state index contributed by atoms with van der Waals surface area (Å²) in [6.45, 7) is 3.58. The molecule has 0 aromatic rings. The molecule has 3 aliphatic rings. The molecule has 5 heteroatoms. The van der Waals surface area contributed by atoms with Gasteiger partial charge in [-0.1, -0.05) is 19.3 Å². The van der Waals surface area contributed by atoms with Gasteiger partial charge in [-0.05, 0) is 32.6 Å². The molecule has 3 rings (SSSR count). The third-order valence-electron chi connectivity index (χ3n) is 4.98. The molecule has 0 radical (unpaired) electrons. The number of fused-ring (bicyclic) bond motifs is 1. The fourth-order valence-electron chi connectivity index (χ4n) is 3.89. The quantitative estimate of drug-likeness (QED) is 0.728. The number of nitrogens with zero attached hydrogens (tertiary/aromatic N) is 3. The van der Waals surface area contributed by atoms with Gasteiger partial charge in [0.1, 0.15) is 0 Å². The molecule has 2 amide bonds. The van der Waals surface area contributed by atoms with Crippen LogP contribution in [0.2, 0.25) is 0 Å². The van der Waals surface area contributed by atoms with Gasteiger partial charge in [0, 0.05) is 12.6 Å². The molecule has 1 aliphatic carbocycles. The molecule has 0 aromatic heterocycles. The van der Waals surface area contributed by atoms with Gasteiger partial charge in [-0.2, -0.15) is 0 Å². The van der Waals surface area contributed by atoms with E-state index in [-0.39, 0.29) is 17.9 Å². The second-order valence-electron chi connectivity index (χ2n) is 6.44. The Bertz CT molecular complexity index is 393. The molecular weight excluding hydrogens is 254 g/mol. The molecule has 1 saturated carbocycles. The number of rotatable bonds is 1. The van der Waals surface area contributed by atoms with E-state index < -0.39 is 0 Å². The summed E-state index contributed by atoms with van der Waals surface area (Å²) >= 11 is 0. The predicted octanol–water partition coefficient (Wildman–Crippen LogP) is 1.39. The number of amides is 2. The number of hydrazine groups is 1. The molecule has 2 saturated heterocycles. The standard InChI is InChI=1S/C15H25N3O2/c1-12-6-5-9-17-14(19)10-16(11-15(20)18(12)17)13-7-3-2-4-8-13/h12-13H,2-11H2,1H3/t12-/m0/s1. The second-order valence-corrected chi connectivity index (χ2v) is 6.44. The zero-order valence-corrected chi connectivity index (χ0v) is 12.4. The Morgan fingerprint density at radius 1 is 0.900 bits per heavy atom. The normalized spacial score (nSPS) is 30.4. The minimum atomic E-state index is 0.105. The molecular formula is C15H25N3O2. The Kier molecular flexibility index (Phi) is 3.96. The molecule has 2 heterocycles. The first-order valence-electron chi connectivity index (χ1n) is 8.03. The average molecular weight is 279 g/mol. The fourth-order valence-corrected chi connectivity index (χ4v) is 3.89. The summed E-state index contributed by atoms with van der Waals surface area (Å²) in [6, 6.07) is 0.584. The SMILES string of the molecule is C[C@H]1CCCN2C(=O)CN(C3CCCCC3)CC(=O)N12. The Morgan fingerprint density at radius 3 is 2.35 bits per heavy atom. The van der Waals surface area contributed by atoms with E-state index in [1.54, 1.807) is 10.0 Å². The lowest BCUT2D eigenvalue weighted by Gasteiger charge is -2.41. The van der Waals surface area contributed by atoms with Crippen LogP contribution in [0.5, 0.6) is 0 Å². The van der Waals surface area contributed by atoms with E-state index in [0.29, 0.717) is 25.7 Å². The lowest BCUT2D eigenvalue weighted by molar-refractivity contribution is -0.169. The van der Waals surface area contributed by atoms with Crippen LogP contribution >= 0.6 is 0 Å². The van der Waals surface area contributed by atoms with Crippen molar-refractivity contribution < 1.29 is 9.59 Å². The summed E-state index contributed by atoms with van der Waals surface area (Å²) in [6.07, 6.45) is 8.02. The lowest BCUT2D eigenvalue weighted by Crippen LogP contribution is -2.56. The second kappa shape index (κ2) is 5.72. The van der Waals surface area contributed by atoms with Gasteiger partial charge in [-0.15, -0.1) is 0 Å². The molecule has 0 aromatic carbocycles. The van der Waals surface area contributed by atoms with Crippen LogP contribution in [0.4, 0.5) is 0 Å². The highest BCUT2D eigenvalue weighted by Crippen LogP contribution is 2.26. The van der Waals surface area contributed by atoms with Gasteiger partial charge in [0.25, 0.3) is 11.8 Å². The first kappa shape index (κ1) is 13.9. The monoisotopic (exact) mass is 279 g/mol. The van der Waals surface area contributed by atoms with Crippen molar-refractivity contribution in [3.8, 4) is 0 Å². The first-order chi connectivity index (χ1) is 9.66. The van der Waals surface area contributed by atoms with E-state index >= 15 is 0 Å². The lowest BCUT2D eigenvalue weighted by atomic mass is 9.94. The fraction of sp³-hybridized carbons (Fsp3) is 0.867. The van der Waals surface area contributed by atoms with Crippen LogP contribution in [0.15, 0.2) is 0 Å². The van der Waals surface area contributed by atoms with Gasteiger partial charge in [0.05, 0.1) is 19.1 Å². The Hall–Kier alpha value is -1.10. The van der Waals surface area contributed by atoms with Crippen molar-refractivity contribution in [2.75, 3.05) is 19.6 Å². The number of carbonyl (C=O) groups excluding carboxylic acids is 2. The molecule has 5 nitrogen and oxygen atoms in total. The van der Waals surface area contributed by atoms with Crippen molar-refractivity contribution in [3.05, 3.63) is 0 Å². The smallest absolute Gasteiger partial charge is 0.255 e. The van der Waals surface area contributed by atoms with E-state index in [2.05, 4.69) is 4.90 Å². The van der Waals surface area contributed by atoms with Gasteiger partial charge in [-0.3, -0.25) is 19.5 Å². The topological polar surface area (TPSA) is 43.9 Å². The van der Waals surface area contributed by atoms with Crippen LogP contribution in [0.1, 0.15) is 51.9 Å². The Balaban J connectivity index is 1.77. The highest BCUT2D eigenvalue weighted by atomic mass is 16.2. The van der Waals surface area contributed by atoms with Crippen LogP contribution in [0, 0.1) is 0 Å². The Morgan fingerprint density at radius 2 is 1.60 bits per heavy atom. The van der Waals surface area contributed by atoms with Gasteiger partial charge >= 0.3 is 0 Å². The third-order valence-corrected chi connectivity index (χ3v) is 4.98. The molecule has 20 heavy (non-hydrogen) atoms. The number of hydrogen-bond acceptors (Lipinski definition) is 3. The van der Waals surface area contributed by atoms with Crippen LogP contribution in [0.25, 0.3) is 0 Å². The average Bonchev–Trinajstić information content (AvgIpc) is 2.59. The van der Waals surface area contributed by atoms with Gasteiger partial charge in [-0.25, -0.2) is 5.01 Å². The third kappa shape index (κ3) is 2.55. The van der Waals surface area contributed by atoms with Crippen molar-refractivity contribution in [3.63, 3.8) is 0 Å². The zero-order valence-electron chi connectivity index (χ0n) is 12.4. The van der Waals surface area contributed by atoms with Crippen molar-refractivity contribution in [1.82, 2.24) is 14.9 Å². The van der Waals surface area contributed by atoms with E-state index in [9.17, 15) is 9.59 Å². The Labute approximate surface area is 120 Å². The van der Waals surface area contributed by atoms with Crippen molar-refractivity contribution in [1.29, 1.82) is 0 Å². The van der Waals surface area contributed by atoms with Crippen LogP contribution in [-0.4, -0.2) is 58.5 Å². The largest absolute Gasteiger partial charge is 0.282 e. The van der Waals surface area contributed by atoms with E-state index in [4.69, 9.17) is 0 Å². The summed E-state index contributed by atoms with van der Waals surface area (Å²) in [5.74, 6) is 0.210. The molecule has 0 unspecified atom stereocenters. The molecule has 3 fully saturated rings. The maximum absolute atomic E-state index is 12.5. The molecule has 2 aliphatic heterocycles. The summed E-state index contributed by atoms with van der Waals surface area (Å²) in [5.41, 5.74) is 0. The van der Waals surface area contributed by atoms with Crippen molar-refractivity contribution >= 4 is 11.8 Å². The summed E-state index contributed by atoms with van der Waals surface area (Å²) < 4.78 is 0. The molecule has 112 valence electrons. The molecule has 0 spiro atoms. The van der Waals surface area contributed by atoms with Crippen molar-refractivity contribution in [2.24, 2.45) is 0 Å². The minimum absolute atomic E-state index is 0.105. The number of hydrogen-bond donors (Lipinski definition) is 0. The van der Waals surface area contributed by atoms with E-state index in [1.807, 2.05) is 6.92 Å². The maximum Gasteiger partial charge on any atom is 0.255 e. The number of carbonyl (C=O) groups is 2. The van der Waals surface area contributed by atoms with Crippen LogP contribution < -0.4 is 0 Å². The van der Waals surface area contributed by atoms with E-state index in [1.165, 1.54) is 19.3 Å². The predicted molar refractivity (Wildman–Crippen MR) is 75.7 cm³/mol. The van der Waals surface area contributed by atoms with Crippen LogP contribution in [-0.2, 0) is 9.59 Å². The minimum Gasteiger partial charge on any atom is -0.282 e.